The summed E-state index contributed by atoms with van der Waals surface area (Å²) in [4.78, 5) is 64.4. The molecule has 0 unspecified atom stereocenters. The molecule has 12 heteroatoms. The third kappa shape index (κ3) is 9.98. The van der Waals surface area contributed by atoms with Gasteiger partial charge in [0.15, 0.2) is 0 Å². The highest BCUT2D eigenvalue weighted by atomic mass is 17.5. The molecule has 0 aliphatic rings. The smallest absolute Gasteiger partial charge is 0.432 e. The average molecular weight is 603 g/mol. The molecule has 0 aliphatic heterocycles. The third-order valence-electron chi connectivity index (χ3n) is 5.86. The monoisotopic (exact) mass is 602 g/mol. The Morgan fingerprint density at radius 3 is 1.11 bits per heavy atom. The Morgan fingerprint density at radius 2 is 0.750 bits per heavy atom. The van der Waals surface area contributed by atoms with Gasteiger partial charge >= 0.3 is 24.2 Å². The van der Waals surface area contributed by atoms with Crippen LogP contribution in [0.4, 0.5) is 9.59 Å². The summed E-state index contributed by atoms with van der Waals surface area (Å²) in [7, 11) is 0. The van der Waals surface area contributed by atoms with Gasteiger partial charge in [-0.15, -0.1) is 0 Å². The predicted molar refractivity (Wildman–Crippen MR) is 151 cm³/mol. The van der Waals surface area contributed by atoms with Crippen molar-refractivity contribution in [2.24, 2.45) is 0 Å². The molecule has 44 heavy (non-hydrogen) atoms. The number of rotatable bonds is 13. The lowest BCUT2D eigenvalue weighted by Gasteiger charge is -2.06. The summed E-state index contributed by atoms with van der Waals surface area (Å²) in [6.07, 6.45) is -1.96. The van der Waals surface area contributed by atoms with Gasteiger partial charge < -0.3 is 9.47 Å². The van der Waals surface area contributed by atoms with Gasteiger partial charge in [-0.25, -0.2) is 29.0 Å². The van der Waals surface area contributed by atoms with Crippen molar-refractivity contribution in [3.05, 3.63) is 120 Å². The fourth-order valence-electron chi connectivity index (χ4n) is 3.67. The Labute approximate surface area is 251 Å². The topological polar surface area (TPSA) is 142 Å². The maximum Gasteiger partial charge on any atom is 0.543 e. The number of unbranched alkanes of at least 4 members (excludes halogenated alkanes) is 1. The third-order valence-corrected chi connectivity index (χ3v) is 5.86. The summed E-state index contributed by atoms with van der Waals surface area (Å²) in [5, 5.41) is 8.37. The maximum atomic E-state index is 12.0. The fourth-order valence-corrected chi connectivity index (χ4v) is 3.67. The van der Waals surface area contributed by atoms with Crippen LogP contribution in [0.5, 0.6) is 0 Å². The zero-order valence-corrected chi connectivity index (χ0v) is 23.1. The number of ether oxygens (including phenoxy) is 2. The molecular formula is C32H26O12. The summed E-state index contributed by atoms with van der Waals surface area (Å²) in [5.41, 5.74) is 4.13. The highest BCUT2D eigenvalue weighted by molar-refractivity contribution is 5.90. The molecular weight excluding hydrogens is 576 g/mol. The first kappa shape index (κ1) is 31.2. The van der Waals surface area contributed by atoms with Crippen molar-refractivity contribution in [1.82, 2.24) is 0 Å². The minimum absolute atomic E-state index is 0.118. The average Bonchev–Trinajstić information content (AvgIpc) is 3.07. The molecule has 0 bridgehead atoms. The van der Waals surface area contributed by atoms with E-state index in [0.717, 1.165) is 22.3 Å². The van der Waals surface area contributed by atoms with Crippen LogP contribution in [-0.2, 0) is 39.1 Å². The predicted octanol–water partition coefficient (Wildman–Crippen LogP) is 6.81. The van der Waals surface area contributed by atoms with Crippen LogP contribution < -0.4 is 0 Å². The van der Waals surface area contributed by atoms with Crippen LogP contribution in [0.1, 0.15) is 33.6 Å². The second-order valence-corrected chi connectivity index (χ2v) is 8.84. The zero-order chi connectivity index (χ0) is 31.0. The van der Waals surface area contributed by atoms with Crippen LogP contribution in [0.15, 0.2) is 109 Å². The van der Waals surface area contributed by atoms with Gasteiger partial charge in [0.2, 0.25) is 0 Å². The molecule has 4 aromatic rings. The lowest BCUT2D eigenvalue weighted by molar-refractivity contribution is -0.452. The van der Waals surface area contributed by atoms with Crippen LogP contribution >= 0.6 is 0 Å². The molecule has 0 fully saturated rings. The van der Waals surface area contributed by atoms with Gasteiger partial charge in [0.05, 0.1) is 34.4 Å². The van der Waals surface area contributed by atoms with E-state index in [1.807, 2.05) is 60.7 Å². The van der Waals surface area contributed by atoms with E-state index in [1.54, 1.807) is 24.3 Å². The highest BCUT2D eigenvalue weighted by Gasteiger charge is 2.14. The van der Waals surface area contributed by atoms with E-state index in [2.05, 4.69) is 29.6 Å². The highest BCUT2D eigenvalue weighted by Crippen LogP contribution is 2.20. The number of carbonyl (C=O) groups excluding carboxylic acids is 4. The Kier molecular flexibility index (Phi) is 11.8. The second kappa shape index (κ2) is 16.7. The lowest BCUT2D eigenvalue weighted by Crippen LogP contribution is -2.14. The molecule has 0 N–H and O–H groups in total. The van der Waals surface area contributed by atoms with Crippen molar-refractivity contribution in [1.29, 1.82) is 0 Å². The van der Waals surface area contributed by atoms with Crippen molar-refractivity contribution < 1.29 is 58.3 Å². The number of carbonyl (C=O) groups is 4. The molecule has 0 heterocycles. The zero-order valence-electron chi connectivity index (χ0n) is 23.1. The molecule has 4 aromatic carbocycles. The van der Waals surface area contributed by atoms with Crippen LogP contribution in [0.2, 0.25) is 0 Å². The van der Waals surface area contributed by atoms with E-state index >= 15 is 0 Å². The van der Waals surface area contributed by atoms with Gasteiger partial charge in [0.25, 0.3) is 0 Å². The van der Waals surface area contributed by atoms with E-state index in [0.29, 0.717) is 0 Å². The Morgan fingerprint density at radius 1 is 0.409 bits per heavy atom. The summed E-state index contributed by atoms with van der Waals surface area (Å²) in [6, 6.07) is 32.2. The number of hydrogen-bond donors (Lipinski definition) is 0. The van der Waals surface area contributed by atoms with E-state index in [1.165, 1.54) is 24.3 Å². The molecule has 12 nitrogen and oxygen atoms in total. The normalized spacial score (nSPS) is 10.3. The van der Waals surface area contributed by atoms with Gasteiger partial charge in [-0.05, 0) is 59.4 Å². The van der Waals surface area contributed by atoms with Crippen molar-refractivity contribution in [3.63, 3.8) is 0 Å². The summed E-state index contributed by atoms with van der Waals surface area (Å²) in [5.74, 6) is -1.75. The van der Waals surface area contributed by atoms with Crippen LogP contribution in [0.3, 0.4) is 0 Å². The van der Waals surface area contributed by atoms with Crippen molar-refractivity contribution in [2.75, 3.05) is 13.2 Å². The van der Waals surface area contributed by atoms with Gasteiger partial charge in [-0.3, -0.25) is 9.78 Å². The van der Waals surface area contributed by atoms with Gasteiger partial charge in [0.1, 0.15) is 0 Å². The molecule has 0 spiro atoms. The van der Waals surface area contributed by atoms with Gasteiger partial charge in [-0.2, -0.15) is 0 Å². The first-order valence-electron chi connectivity index (χ1n) is 13.2. The van der Waals surface area contributed by atoms with Crippen LogP contribution in [0.25, 0.3) is 22.3 Å². The molecule has 0 aromatic heterocycles. The van der Waals surface area contributed by atoms with E-state index in [4.69, 9.17) is 9.47 Å². The van der Waals surface area contributed by atoms with Gasteiger partial charge in [0, 0.05) is 0 Å². The van der Waals surface area contributed by atoms with E-state index in [-0.39, 0.29) is 37.2 Å². The Balaban J connectivity index is 1.00. The first-order chi connectivity index (χ1) is 21.5. The lowest BCUT2D eigenvalue weighted by atomic mass is 10.0. The summed E-state index contributed by atoms with van der Waals surface area (Å²) < 4.78 is 9.47. The summed E-state index contributed by atoms with van der Waals surface area (Å²) >= 11 is 0. The quantitative estimate of drug-likeness (QED) is 0.0686. The minimum atomic E-state index is -1.25. The number of benzene rings is 4. The molecule has 0 saturated carbocycles. The first-order valence-corrected chi connectivity index (χ1v) is 13.2. The molecule has 0 atom stereocenters. The fraction of sp³-hybridized carbons (Fsp3) is 0.125. The molecule has 226 valence electrons. The molecule has 0 aliphatic carbocycles. The van der Waals surface area contributed by atoms with Crippen LogP contribution in [-0.4, -0.2) is 37.5 Å². The van der Waals surface area contributed by atoms with Gasteiger partial charge in [-0.1, -0.05) is 84.9 Å². The molecule has 0 radical (unpaired) electrons. The minimum Gasteiger partial charge on any atom is -0.432 e. The largest absolute Gasteiger partial charge is 0.543 e. The number of hydrogen-bond acceptors (Lipinski definition) is 12. The molecule has 0 saturated heterocycles. The summed E-state index contributed by atoms with van der Waals surface area (Å²) in [6.45, 7) is -0.237. The molecule has 0 amide bonds. The SMILES string of the molecule is O=C(OCCCCOC(=O)OOOC(=O)c1ccc(-c2ccccc2)cc1)OOOC(=O)c1ccc(-c2ccccc2)cc1. The van der Waals surface area contributed by atoms with Crippen molar-refractivity contribution >= 4 is 24.2 Å². The Hall–Kier alpha value is -5.72. The standard InChI is InChI=1S/C32H26O12/c33-29(27-17-13-25(14-18-27)23-9-3-1-4-10-23)39-43-41-31(35)37-21-7-8-22-38-32(36)42-44-40-30(34)28-19-15-26(16-20-28)24-11-5-2-6-12-24/h1-6,9-20H,7-8,21-22H2. The van der Waals surface area contributed by atoms with E-state index in [9.17, 15) is 19.2 Å². The van der Waals surface area contributed by atoms with Crippen molar-refractivity contribution in [3.8, 4) is 22.3 Å². The van der Waals surface area contributed by atoms with Crippen molar-refractivity contribution in [2.45, 2.75) is 12.8 Å². The second-order valence-electron chi connectivity index (χ2n) is 8.84. The maximum absolute atomic E-state index is 12.0. The van der Waals surface area contributed by atoms with E-state index < -0.39 is 24.2 Å². The Bertz CT molecular complexity index is 1390. The van der Waals surface area contributed by atoms with Crippen LogP contribution in [0, 0.1) is 0 Å². The molecule has 4 rings (SSSR count).